The number of pyridine rings is 1. The van der Waals surface area contributed by atoms with Crippen LogP contribution in [0, 0.1) is 5.92 Å². The van der Waals surface area contributed by atoms with Crippen LogP contribution in [0.3, 0.4) is 0 Å². The van der Waals surface area contributed by atoms with Gasteiger partial charge in [0.15, 0.2) is 6.61 Å². The van der Waals surface area contributed by atoms with Crippen LogP contribution in [0.5, 0.6) is 5.75 Å². The average Bonchev–Trinajstić information content (AvgIpc) is 2.77. The smallest absolute Gasteiger partial charge is 0.257 e. The summed E-state index contributed by atoms with van der Waals surface area (Å²) in [7, 11) is 0. The van der Waals surface area contributed by atoms with Gasteiger partial charge in [0, 0.05) is 32.0 Å². The second-order valence-corrected chi connectivity index (χ2v) is 7.79. The third kappa shape index (κ3) is 6.04. The van der Waals surface area contributed by atoms with Gasteiger partial charge in [-0.2, -0.15) is 0 Å². The van der Waals surface area contributed by atoms with Gasteiger partial charge in [-0.05, 0) is 54.5 Å². The Hall–Kier alpha value is -2.89. The normalized spacial score (nSPS) is 14.7. The first-order chi connectivity index (χ1) is 14.0. The molecule has 0 saturated carbocycles. The van der Waals surface area contributed by atoms with Gasteiger partial charge in [-0.15, -0.1) is 0 Å². The van der Waals surface area contributed by atoms with E-state index in [1.807, 2.05) is 29.2 Å². The van der Waals surface area contributed by atoms with E-state index >= 15 is 0 Å². The van der Waals surface area contributed by atoms with Crippen molar-refractivity contribution in [3.8, 4) is 5.75 Å². The van der Waals surface area contributed by atoms with Crippen molar-refractivity contribution in [1.29, 1.82) is 0 Å². The number of nitrogens with zero attached hydrogens (tertiary/aromatic N) is 2. The van der Waals surface area contributed by atoms with Gasteiger partial charge in [0.25, 0.3) is 11.8 Å². The molecule has 0 aliphatic carbocycles. The summed E-state index contributed by atoms with van der Waals surface area (Å²) in [6.07, 6.45) is 5.02. The molecule has 1 aliphatic heterocycles. The van der Waals surface area contributed by atoms with Crippen LogP contribution in [0.2, 0.25) is 0 Å². The van der Waals surface area contributed by atoms with E-state index in [-0.39, 0.29) is 18.4 Å². The zero-order valence-electron chi connectivity index (χ0n) is 17.1. The van der Waals surface area contributed by atoms with E-state index in [0.29, 0.717) is 42.8 Å². The quantitative estimate of drug-likeness (QED) is 0.781. The van der Waals surface area contributed by atoms with Gasteiger partial charge in [0.2, 0.25) is 0 Å². The van der Waals surface area contributed by atoms with Crippen molar-refractivity contribution in [2.45, 2.75) is 32.6 Å². The molecule has 0 bridgehead atoms. The van der Waals surface area contributed by atoms with Gasteiger partial charge in [-0.1, -0.05) is 26.0 Å². The van der Waals surface area contributed by atoms with Gasteiger partial charge in [0.05, 0.1) is 5.56 Å². The van der Waals surface area contributed by atoms with E-state index in [4.69, 9.17) is 4.74 Å². The third-order valence-electron chi connectivity index (χ3n) is 5.31. The maximum atomic E-state index is 12.5. The van der Waals surface area contributed by atoms with Gasteiger partial charge in [-0.3, -0.25) is 14.6 Å². The monoisotopic (exact) mass is 395 g/mol. The minimum Gasteiger partial charge on any atom is -0.484 e. The molecule has 1 N–H and O–H groups in total. The van der Waals surface area contributed by atoms with Gasteiger partial charge < -0.3 is 15.0 Å². The second-order valence-electron chi connectivity index (χ2n) is 7.79. The first kappa shape index (κ1) is 20.8. The number of rotatable bonds is 7. The molecule has 3 rings (SSSR count). The van der Waals surface area contributed by atoms with Crippen LogP contribution in [0.1, 0.15) is 48.5 Å². The standard InChI is InChI=1S/C23H29N3O3/c1-17(2)19-5-7-21(8-6-19)29-16-22(27)25-14-18-9-12-26(13-10-18)23(28)20-4-3-11-24-15-20/h3-8,11,15,17-18H,9-10,12-14,16H2,1-2H3,(H,25,27). The molecule has 2 heterocycles. The van der Waals surface area contributed by atoms with Crippen molar-refractivity contribution in [3.05, 3.63) is 59.9 Å². The van der Waals surface area contributed by atoms with E-state index in [2.05, 4.69) is 24.1 Å². The number of ether oxygens (including phenoxy) is 1. The highest BCUT2D eigenvalue weighted by molar-refractivity contribution is 5.93. The highest BCUT2D eigenvalue weighted by Crippen LogP contribution is 2.19. The molecule has 0 radical (unpaired) electrons. The zero-order valence-corrected chi connectivity index (χ0v) is 17.1. The molecule has 1 aromatic carbocycles. The van der Waals surface area contributed by atoms with Crippen molar-refractivity contribution >= 4 is 11.8 Å². The molecule has 0 spiro atoms. The van der Waals surface area contributed by atoms with Crippen LogP contribution in [-0.2, 0) is 4.79 Å². The fourth-order valence-corrected chi connectivity index (χ4v) is 3.42. The van der Waals surface area contributed by atoms with Crippen LogP contribution in [0.4, 0.5) is 0 Å². The number of aromatic nitrogens is 1. The molecule has 1 aromatic heterocycles. The summed E-state index contributed by atoms with van der Waals surface area (Å²) in [6.45, 7) is 6.31. The highest BCUT2D eigenvalue weighted by atomic mass is 16.5. The van der Waals surface area contributed by atoms with Gasteiger partial charge in [0.1, 0.15) is 5.75 Å². The summed E-state index contributed by atoms with van der Waals surface area (Å²) < 4.78 is 5.57. The number of carbonyl (C=O) groups excluding carboxylic acids is 2. The Morgan fingerprint density at radius 2 is 1.90 bits per heavy atom. The molecule has 2 aromatic rings. The van der Waals surface area contributed by atoms with Crippen LogP contribution >= 0.6 is 0 Å². The highest BCUT2D eigenvalue weighted by Gasteiger charge is 2.24. The fraction of sp³-hybridized carbons (Fsp3) is 0.435. The minimum absolute atomic E-state index is 0.0133. The molecule has 0 unspecified atom stereocenters. The number of nitrogens with one attached hydrogen (secondary N) is 1. The van der Waals surface area contributed by atoms with Crippen molar-refractivity contribution < 1.29 is 14.3 Å². The molecule has 1 fully saturated rings. The predicted molar refractivity (Wildman–Crippen MR) is 112 cm³/mol. The Balaban J connectivity index is 1.35. The Bertz CT molecular complexity index is 798. The summed E-state index contributed by atoms with van der Waals surface area (Å²) in [6, 6.07) is 11.4. The van der Waals surface area contributed by atoms with Crippen LogP contribution in [0.25, 0.3) is 0 Å². The van der Waals surface area contributed by atoms with Crippen LogP contribution in [-0.4, -0.2) is 47.9 Å². The van der Waals surface area contributed by atoms with E-state index in [0.717, 1.165) is 12.8 Å². The molecule has 6 heteroatoms. The lowest BCUT2D eigenvalue weighted by molar-refractivity contribution is -0.123. The maximum absolute atomic E-state index is 12.5. The fourth-order valence-electron chi connectivity index (χ4n) is 3.42. The second kappa shape index (κ2) is 10.0. The van der Waals surface area contributed by atoms with Crippen molar-refractivity contribution in [3.63, 3.8) is 0 Å². The third-order valence-corrected chi connectivity index (χ3v) is 5.31. The average molecular weight is 396 g/mol. The zero-order chi connectivity index (χ0) is 20.6. The number of amides is 2. The number of carbonyl (C=O) groups is 2. The first-order valence-corrected chi connectivity index (χ1v) is 10.2. The van der Waals surface area contributed by atoms with Crippen LogP contribution in [0.15, 0.2) is 48.8 Å². The largest absolute Gasteiger partial charge is 0.484 e. The molecular formula is C23H29N3O3. The molecule has 6 nitrogen and oxygen atoms in total. The molecular weight excluding hydrogens is 366 g/mol. The van der Waals surface area contributed by atoms with Gasteiger partial charge in [-0.25, -0.2) is 0 Å². The topological polar surface area (TPSA) is 71.5 Å². The maximum Gasteiger partial charge on any atom is 0.257 e. The molecule has 1 aliphatic rings. The summed E-state index contributed by atoms with van der Waals surface area (Å²) in [5.41, 5.74) is 1.87. The Morgan fingerprint density at radius 1 is 1.17 bits per heavy atom. The number of hydrogen-bond acceptors (Lipinski definition) is 4. The van der Waals surface area contributed by atoms with E-state index < -0.39 is 0 Å². The molecule has 1 saturated heterocycles. The SMILES string of the molecule is CC(C)c1ccc(OCC(=O)NCC2CCN(C(=O)c3cccnc3)CC2)cc1. The first-order valence-electron chi connectivity index (χ1n) is 10.2. The summed E-state index contributed by atoms with van der Waals surface area (Å²) >= 11 is 0. The lowest BCUT2D eigenvalue weighted by Gasteiger charge is -2.32. The number of piperidine rings is 1. The summed E-state index contributed by atoms with van der Waals surface area (Å²) in [5.74, 6) is 1.46. The molecule has 154 valence electrons. The molecule has 29 heavy (non-hydrogen) atoms. The predicted octanol–water partition coefficient (Wildman–Crippen LogP) is 3.25. The lowest BCUT2D eigenvalue weighted by Crippen LogP contribution is -2.42. The number of benzene rings is 1. The van der Waals surface area contributed by atoms with Crippen LogP contribution < -0.4 is 10.1 Å². The number of likely N-dealkylation sites (tertiary alicyclic amines) is 1. The van der Waals surface area contributed by atoms with E-state index in [9.17, 15) is 9.59 Å². The Morgan fingerprint density at radius 3 is 2.52 bits per heavy atom. The molecule has 2 amide bonds. The number of hydrogen-bond donors (Lipinski definition) is 1. The van der Waals surface area contributed by atoms with Gasteiger partial charge >= 0.3 is 0 Å². The minimum atomic E-state index is -0.119. The molecule has 0 atom stereocenters. The summed E-state index contributed by atoms with van der Waals surface area (Å²) in [4.78, 5) is 30.4. The Labute approximate surface area is 172 Å². The summed E-state index contributed by atoms with van der Waals surface area (Å²) in [5, 5.41) is 2.95. The van der Waals surface area contributed by atoms with Crippen molar-refractivity contribution in [2.24, 2.45) is 5.92 Å². The lowest BCUT2D eigenvalue weighted by atomic mass is 9.96. The van der Waals surface area contributed by atoms with Crippen molar-refractivity contribution in [1.82, 2.24) is 15.2 Å². The van der Waals surface area contributed by atoms with E-state index in [1.165, 1.54) is 5.56 Å². The van der Waals surface area contributed by atoms with Crippen molar-refractivity contribution in [2.75, 3.05) is 26.2 Å². The van der Waals surface area contributed by atoms with E-state index in [1.54, 1.807) is 24.5 Å². The Kier molecular flexibility index (Phi) is 7.22.